The van der Waals surface area contributed by atoms with Gasteiger partial charge in [-0.25, -0.2) is 0 Å². The number of thioether (sulfide) groups is 2. The normalized spacial score (nSPS) is 15.2. The molecule has 2 N–H and O–H groups in total. The van der Waals surface area contributed by atoms with Crippen molar-refractivity contribution in [2.24, 2.45) is 0 Å². The number of carbonyl (C=O) groups is 2. The Morgan fingerprint density at radius 3 is 1.98 bits per heavy atom. The molecule has 1 fully saturated rings. The van der Waals surface area contributed by atoms with Crippen LogP contribution in [0.5, 0.6) is 0 Å². The largest absolute Gasteiger partial charge is 0.435 e. The number of halogens is 6. The molecule has 6 rings (SSSR count). The van der Waals surface area contributed by atoms with E-state index in [1.807, 2.05) is 61.6 Å². The van der Waals surface area contributed by atoms with Crippen LogP contribution in [0, 0.1) is 6.92 Å². The van der Waals surface area contributed by atoms with E-state index >= 15 is 0 Å². The summed E-state index contributed by atoms with van der Waals surface area (Å²) in [6.45, 7) is 7.51. The second-order valence-corrected chi connectivity index (χ2v) is 15.2. The number of amides is 2. The van der Waals surface area contributed by atoms with Crippen LogP contribution in [0.3, 0.4) is 0 Å². The fraction of sp³-hybridized carbons (Fsp3) is 0.463. The van der Waals surface area contributed by atoms with E-state index in [0.717, 1.165) is 67.2 Å². The van der Waals surface area contributed by atoms with Gasteiger partial charge in [0.1, 0.15) is 0 Å². The van der Waals surface area contributed by atoms with Crippen LogP contribution < -0.4 is 20.4 Å². The molecule has 18 heteroatoms. The number of benzene rings is 2. The van der Waals surface area contributed by atoms with Crippen LogP contribution in [0.15, 0.2) is 64.4 Å². The van der Waals surface area contributed by atoms with Gasteiger partial charge in [0, 0.05) is 47.3 Å². The predicted molar refractivity (Wildman–Crippen MR) is 224 cm³/mol. The van der Waals surface area contributed by atoms with Gasteiger partial charge in [-0.05, 0) is 93.1 Å². The molecule has 2 aliphatic heterocycles. The van der Waals surface area contributed by atoms with Gasteiger partial charge in [-0.2, -0.15) is 26.3 Å². The first-order valence-corrected chi connectivity index (χ1v) is 22.0. The lowest BCUT2D eigenvalue weighted by atomic mass is 10.1. The number of aromatic nitrogens is 4. The molecule has 2 amide bonds. The monoisotopic (exact) mass is 864 g/mol. The second-order valence-electron chi connectivity index (χ2n) is 13.4. The lowest BCUT2D eigenvalue weighted by Gasteiger charge is -2.25. The zero-order valence-corrected chi connectivity index (χ0v) is 35.4. The number of hydrogen-bond donors (Lipinski definition) is 2. The van der Waals surface area contributed by atoms with Crippen molar-refractivity contribution in [2.75, 3.05) is 59.1 Å². The van der Waals surface area contributed by atoms with E-state index in [2.05, 4.69) is 31.0 Å². The number of alkyl halides is 6. The Hall–Kier alpha value is -4.58. The molecule has 0 atom stereocenters. The molecule has 0 spiro atoms. The molecule has 320 valence electrons. The summed E-state index contributed by atoms with van der Waals surface area (Å²) < 4.78 is 79.4. The van der Waals surface area contributed by atoms with Crippen molar-refractivity contribution in [3.63, 3.8) is 0 Å². The fourth-order valence-corrected chi connectivity index (χ4v) is 7.41. The molecule has 0 saturated carbocycles. The lowest BCUT2D eigenvalue weighted by Crippen LogP contribution is -2.33. The first-order chi connectivity index (χ1) is 28.2. The van der Waals surface area contributed by atoms with Crippen LogP contribution in [0.2, 0.25) is 0 Å². The average molecular weight is 865 g/mol. The first-order valence-electron chi connectivity index (χ1n) is 19.5. The zero-order valence-electron chi connectivity index (χ0n) is 33.8. The quantitative estimate of drug-likeness (QED) is 0.143. The summed E-state index contributed by atoms with van der Waals surface area (Å²) >= 11 is 3.07. The number of nitrogens with one attached hydrogen (secondary N) is 2. The van der Waals surface area contributed by atoms with Crippen LogP contribution in [-0.4, -0.2) is 70.9 Å². The third kappa shape index (κ3) is 13.0. The van der Waals surface area contributed by atoms with E-state index in [1.165, 1.54) is 18.7 Å². The highest BCUT2D eigenvalue weighted by Crippen LogP contribution is 2.35. The van der Waals surface area contributed by atoms with E-state index in [0.29, 0.717) is 37.6 Å². The molecular weight excluding hydrogens is 815 g/mol. The van der Waals surface area contributed by atoms with Gasteiger partial charge in [-0.3, -0.25) is 9.59 Å². The van der Waals surface area contributed by atoms with E-state index in [1.54, 1.807) is 34.9 Å². The minimum atomic E-state index is -4.68. The van der Waals surface area contributed by atoms with Gasteiger partial charge >= 0.3 is 12.4 Å². The molecular formula is C41H50F6N8O2S2. The zero-order chi connectivity index (χ0) is 43.2. The van der Waals surface area contributed by atoms with Crippen LogP contribution in [0.4, 0.5) is 49.2 Å². The fourth-order valence-electron chi connectivity index (χ4n) is 6.50. The second kappa shape index (κ2) is 22.1. The van der Waals surface area contributed by atoms with Gasteiger partial charge in [-0.15, -0.1) is 43.9 Å². The van der Waals surface area contributed by atoms with Crippen LogP contribution in [0.25, 0.3) is 0 Å². The highest BCUT2D eigenvalue weighted by Gasteiger charge is 2.39. The minimum absolute atomic E-state index is 0.0659. The van der Waals surface area contributed by atoms with Crippen molar-refractivity contribution in [3.8, 4) is 0 Å². The Kier molecular flexibility index (Phi) is 17.7. The summed E-state index contributed by atoms with van der Waals surface area (Å²) in [5, 5.41) is 19.9. The van der Waals surface area contributed by atoms with E-state index in [4.69, 9.17) is 0 Å². The van der Waals surface area contributed by atoms with Crippen molar-refractivity contribution in [1.29, 1.82) is 0 Å². The number of carbonyl (C=O) groups excluding carboxylic acids is 2. The van der Waals surface area contributed by atoms with E-state index in [-0.39, 0.29) is 28.3 Å². The Balaban J connectivity index is 0.000000250. The summed E-state index contributed by atoms with van der Waals surface area (Å²) in [7, 11) is 0. The molecule has 1 saturated heterocycles. The Labute approximate surface area is 349 Å². The molecule has 0 unspecified atom stereocenters. The van der Waals surface area contributed by atoms with Gasteiger partial charge in [0.25, 0.3) is 11.8 Å². The molecule has 4 aromatic rings. The maximum absolute atomic E-state index is 13.4. The molecule has 10 nitrogen and oxygen atoms in total. The minimum Gasteiger partial charge on any atom is -0.383 e. The van der Waals surface area contributed by atoms with Crippen LogP contribution in [-0.2, 0) is 12.4 Å². The van der Waals surface area contributed by atoms with Gasteiger partial charge in [0.2, 0.25) is 0 Å². The highest BCUT2D eigenvalue weighted by molar-refractivity contribution is 7.98. The molecule has 0 bridgehead atoms. The molecule has 0 aliphatic carbocycles. The Morgan fingerprint density at radius 1 is 0.746 bits per heavy atom. The Bertz CT molecular complexity index is 2010. The summed E-state index contributed by atoms with van der Waals surface area (Å²) in [4.78, 5) is 31.7. The lowest BCUT2D eigenvalue weighted by molar-refractivity contribution is -0.142. The third-order valence-corrected chi connectivity index (χ3v) is 10.9. The molecule has 59 heavy (non-hydrogen) atoms. The molecule has 0 radical (unpaired) electrons. The average Bonchev–Trinajstić information content (AvgIpc) is 3.52. The number of anilines is 4. The van der Waals surface area contributed by atoms with E-state index < -0.39 is 35.6 Å². The van der Waals surface area contributed by atoms with E-state index in [9.17, 15) is 35.9 Å². The van der Waals surface area contributed by atoms with Crippen molar-refractivity contribution in [2.45, 2.75) is 94.3 Å². The summed E-state index contributed by atoms with van der Waals surface area (Å²) in [6, 6.07) is 15.6. The third-order valence-electron chi connectivity index (χ3n) is 9.45. The maximum Gasteiger partial charge on any atom is 0.435 e. The van der Waals surface area contributed by atoms with Gasteiger partial charge in [0.05, 0.1) is 11.3 Å². The van der Waals surface area contributed by atoms with Crippen LogP contribution in [0.1, 0.15) is 103 Å². The molecule has 2 aromatic heterocycles. The van der Waals surface area contributed by atoms with Gasteiger partial charge in [-0.1, -0.05) is 51.7 Å². The van der Waals surface area contributed by atoms with Crippen molar-refractivity contribution in [1.82, 2.24) is 20.4 Å². The first kappa shape index (κ1) is 47.1. The predicted octanol–water partition coefficient (Wildman–Crippen LogP) is 11.0. The number of hydrogen-bond acceptors (Lipinski definition) is 10. The van der Waals surface area contributed by atoms with Gasteiger partial charge in [0.15, 0.2) is 22.9 Å². The SMILES string of the molecule is CC.CSc1cccc(N2CCCCCCNc3cc(C(F)(F)F)nnc3C2=O)c1.CSc1cccc(NC(=O)c2c(N3CCCCCC3)nnc(C(F)(F)F)c2C)c1. The highest BCUT2D eigenvalue weighted by atomic mass is 32.2. The molecule has 2 aliphatic rings. The summed E-state index contributed by atoms with van der Waals surface area (Å²) in [5.41, 5.74) is -1.31. The maximum atomic E-state index is 13.4. The molecule has 2 aromatic carbocycles. The number of fused-ring (bicyclic) bond motifs is 1. The van der Waals surface area contributed by atoms with Crippen molar-refractivity contribution >= 4 is 58.2 Å². The van der Waals surface area contributed by atoms with Gasteiger partial charge < -0.3 is 20.4 Å². The Morgan fingerprint density at radius 2 is 1.36 bits per heavy atom. The van der Waals surface area contributed by atoms with Crippen molar-refractivity contribution < 1.29 is 35.9 Å². The summed E-state index contributed by atoms with van der Waals surface area (Å²) in [6.07, 6.45) is 1.92. The number of nitrogens with zero attached hydrogens (tertiary/aromatic N) is 6. The molecule has 4 heterocycles. The number of rotatable bonds is 6. The smallest absolute Gasteiger partial charge is 0.383 e. The standard InChI is InChI=1S/C20H23F3N4OS.C19H21F3N4OS.C2H6/c1-13-16(19(28)24-14-8-7-9-15(12-14)29-2)18(26-25-17(13)20(21,22)23)27-10-5-3-4-6-11-27;1-28-14-8-6-7-13(11-14)26-10-5-3-2-4-9-23-15-12-16(19(20,21)22)24-25-17(15)18(26)27;1-2/h7-9,12H,3-6,10-11H2,1-2H3,(H,24,28);6-8,11-12,23H,2-5,9-10H2,1H3;1-2H3. The summed E-state index contributed by atoms with van der Waals surface area (Å²) in [5.74, 6) is -0.847. The van der Waals surface area contributed by atoms with Crippen molar-refractivity contribution in [3.05, 3.63) is 82.8 Å². The van der Waals surface area contributed by atoms with Crippen LogP contribution >= 0.6 is 23.5 Å². The topological polar surface area (TPSA) is 116 Å².